The molecule has 1 atom stereocenters. The molecule has 1 aliphatic rings. The molecule has 0 saturated heterocycles. The molecule has 0 bridgehead atoms. The average Bonchev–Trinajstić information content (AvgIpc) is 1.98. The molecule has 86 valence electrons. The first-order chi connectivity index (χ1) is 5.97. The molecule has 0 radical (unpaired) electrons. The Morgan fingerprint density at radius 1 is 1.14 bits per heavy atom. The van der Waals surface area contributed by atoms with Crippen molar-refractivity contribution in [3.05, 3.63) is 0 Å². The number of hydrogen-bond acceptors (Lipinski definition) is 3. The maximum atomic E-state index is 5.89. The van der Waals surface area contributed by atoms with Crippen LogP contribution in [0.25, 0.3) is 0 Å². The van der Waals surface area contributed by atoms with E-state index in [1.165, 1.54) is 0 Å². The molecule has 3 nitrogen and oxygen atoms in total. The van der Waals surface area contributed by atoms with Crippen molar-refractivity contribution in [2.45, 2.75) is 0 Å². The van der Waals surface area contributed by atoms with Gasteiger partial charge in [0.15, 0.2) is 0 Å². The Kier molecular flexibility index (Phi) is 4.90. The van der Waals surface area contributed by atoms with Gasteiger partial charge in [0.25, 0.3) is 0 Å². The van der Waals surface area contributed by atoms with Gasteiger partial charge in [0.1, 0.15) is 0 Å². The Balaban J connectivity index is 3.35. The molecule has 0 N–H and O–H groups in total. The summed E-state index contributed by atoms with van der Waals surface area (Å²) in [5.41, 5.74) is 0. The summed E-state index contributed by atoms with van der Waals surface area (Å²) in [5, 5.41) is 0. The Morgan fingerprint density at radius 2 is 1.57 bits per heavy atom. The molecule has 0 saturated carbocycles. The topological polar surface area (TPSA) is 18.8 Å². The standard InChI is InChI=1S/Cl8N3P3/c1-10-12(3)9-13(4,5)11(2)14(10,6,7)8. The predicted molar refractivity (Wildman–Crippen MR) is 73.7 cm³/mol. The van der Waals surface area contributed by atoms with Crippen LogP contribution in [0.5, 0.6) is 0 Å². The molecular weight excluding hydrogens is 419 g/mol. The first kappa shape index (κ1) is 15.4. The Bertz CT molecular complexity index is 299. The summed E-state index contributed by atoms with van der Waals surface area (Å²) >= 11 is 46.4. The van der Waals surface area contributed by atoms with Gasteiger partial charge in [-0.05, 0) is 0 Å². The number of nitrogens with zero attached hydrogens (tertiary/aromatic N) is 3. The van der Waals surface area contributed by atoms with Crippen molar-refractivity contribution in [2.75, 3.05) is 0 Å². The molecule has 14 heavy (non-hydrogen) atoms. The molecule has 0 fully saturated rings. The van der Waals surface area contributed by atoms with Crippen LogP contribution < -0.4 is 0 Å². The molecule has 0 aromatic carbocycles. The molecule has 1 unspecified atom stereocenters. The van der Waals surface area contributed by atoms with Crippen molar-refractivity contribution in [2.24, 2.45) is 4.52 Å². The maximum absolute atomic E-state index is 5.89. The third kappa shape index (κ3) is 2.67. The van der Waals surface area contributed by atoms with Gasteiger partial charge >= 0.3 is 122 Å². The fourth-order valence-electron chi connectivity index (χ4n) is 0.503. The van der Waals surface area contributed by atoms with E-state index in [9.17, 15) is 0 Å². The fraction of sp³-hybridized carbons (Fsp3) is 0. The third-order valence-electron chi connectivity index (χ3n) is 1.04. The quantitative estimate of drug-likeness (QED) is 0.297. The fourth-order valence-corrected chi connectivity index (χ4v) is 20.2. The van der Waals surface area contributed by atoms with Crippen molar-refractivity contribution in [3.8, 4) is 0 Å². The van der Waals surface area contributed by atoms with Gasteiger partial charge < -0.3 is 0 Å². The van der Waals surface area contributed by atoms with Crippen LogP contribution in [0.3, 0.4) is 0 Å². The summed E-state index contributed by atoms with van der Waals surface area (Å²) in [5.74, 6) is -3.11. The molecule has 0 aliphatic carbocycles. The van der Waals surface area contributed by atoms with Crippen molar-refractivity contribution in [1.82, 2.24) is 7.92 Å². The van der Waals surface area contributed by atoms with E-state index >= 15 is 0 Å². The van der Waals surface area contributed by atoms with Crippen molar-refractivity contribution in [1.29, 1.82) is 0 Å². The van der Waals surface area contributed by atoms with Gasteiger partial charge in [0.2, 0.25) is 0 Å². The van der Waals surface area contributed by atoms with Gasteiger partial charge in [-0.25, -0.2) is 0 Å². The predicted octanol–water partition coefficient (Wildman–Crippen LogP) is 7.65. The van der Waals surface area contributed by atoms with Gasteiger partial charge in [-0.3, -0.25) is 0 Å². The minimum atomic E-state index is -4.27. The summed E-state index contributed by atoms with van der Waals surface area (Å²) < 4.78 is 5.19. The van der Waals surface area contributed by atoms with Gasteiger partial charge in [-0.15, -0.1) is 0 Å². The van der Waals surface area contributed by atoms with Gasteiger partial charge in [-0.2, -0.15) is 0 Å². The van der Waals surface area contributed by atoms with Crippen LogP contribution in [-0.4, -0.2) is 7.92 Å². The summed E-state index contributed by atoms with van der Waals surface area (Å²) in [4.78, 5) is -4.27. The first-order valence-corrected chi connectivity index (χ1v) is 13.7. The van der Waals surface area contributed by atoms with Crippen LogP contribution in [0, 0.1) is 0 Å². The van der Waals surface area contributed by atoms with E-state index in [1.807, 2.05) is 0 Å². The van der Waals surface area contributed by atoms with Crippen LogP contribution in [0.4, 0.5) is 0 Å². The Morgan fingerprint density at radius 3 is 2.00 bits per heavy atom. The van der Waals surface area contributed by atoms with E-state index in [1.54, 1.807) is 0 Å². The van der Waals surface area contributed by atoms with Crippen LogP contribution in [-0.2, 0) is 0 Å². The summed E-state index contributed by atoms with van der Waals surface area (Å²) in [6.07, 6.45) is 0. The number of rotatable bonds is 0. The second kappa shape index (κ2) is 4.46. The molecule has 1 rings (SSSR count). The van der Waals surface area contributed by atoms with E-state index < -0.39 is 18.4 Å². The third-order valence-corrected chi connectivity index (χ3v) is 21.3. The molecule has 0 aromatic heterocycles. The van der Waals surface area contributed by atoms with Crippen molar-refractivity contribution < 1.29 is 0 Å². The van der Waals surface area contributed by atoms with Crippen molar-refractivity contribution >= 4 is 109 Å². The van der Waals surface area contributed by atoms with Gasteiger partial charge in [-0.1, -0.05) is 0 Å². The average molecular weight is 419 g/mol. The molecule has 1 heterocycles. The molecule has 0 spiro atoms. The molecular formula is Cl8N3P3. The van der Waals surface area contributed by atoms with E-state index in [2.05, 4.69) is 4.52 Å². The second-order valence-electron chi connectivity index (χ2n) is 2.00. The Hall–Kier alpha value is 3.33. The summed E-state index contributed by atoms with van der Waals surface area (Å²) in [6, 6.07) is 0. The SMILES string of the molecule is ClN1P(Cl)N=P(Cl)(Cl)N(Cl)P1(Cl)(Cl)Cl. The van der Waals surface area contributed by atoms with E-state index in [0.717, 1.165) is 3.96 Å². The molecule has 0 aromatic rings. The number of halogens is 8. The van der Waals surface area contributed by atoms with Crippen LogP contribution in [0.1, 0.15) is 0 Å². The minimum absolute atomic E-state index is 0.667. The summed E-state index contributed by atoms with van der Waals surface area (Å²) in [7, 11) is -1.79. The second-order valence-corrected chi connectivity index (χ2v) is 21.0. The zero-order chi connectivity index (χ0) is 11.4. The first-order valence-electron chi connectivity index (χ1n) is 2.55. The molecule has 0 amide bonds. The van der Waals surface area contributed by atoms with Crippen LogP contribution >= 0.6 is 109 Å². The Labute approximate surface area is 121 Å². The van der Waals surface area contributed by atoms with Crippen LogP contribution in [0.2, 0.25) is 0 Å². The molecule has 1 aliphatic heterocycles. The van der Waals surface area contributed by atoms with Gasteiger partial charge in [0.05, 0.1) is 0 Å². The normalized spacial score (nSPS) is 39.4. The van der Waals surface area contributed by atoms with Gasteiger partial charge in [0, 0.05) is 0 Å². The van der Waals surface area contributed by atoms with Crippen LogP contribution in [0.15, 0.2) is 4.52 Å². The van der Waals surface area contributed by atoms with E-state index in [0.29, 0.717) is 3.96 Å². The number of hydrogen-bond donors (Lipinski definition) is 0. The van der Waals surface area contributed by atoms with E-state index in [-0.39, 0.29) is 0 Å². The van der Waals surface area contributed by atoms with Crippen molar-refractivity contribution in [3.63, 3.8) is 0 Å². The van der Waals surface area contributed by atoms with E-state index in [4.69, 9.17) is 91.0 Å². The monoisotopic (exact) mass is 415 g/mol. The molecule has 14 heteroatoms. The zero-order valence-corrected chi connectivity index (χ0v) is 14.4. The zero-order valence-electron chi connectivity index (χ0n) is 5.71. The summed E-state index contributed by atoms with van der Waals surface area (Å²) in [6.45, 7) is 0.